The predicted molar refractivity (Wildman–Crippen MR) is 127 cm³/mol. The minimum atomic E-state index is 0. The van der Waals surface area contributed by atoms with Gasteiger partial charge in [0.25, 0.3) is 0 Å². The molecule has 7 heteroatoms. The van der Waals surface area contributed by atoms with Gasteiger partial charge in [0, 0.05) is 55.4 Å². The summed E-state index contributed by atoms with van der Waals surface area (Å²) < 4.78 is 0. The normalized spacial score (nSPS) is 16.9. The van der Waals surface area contributed by atoms with Gasteiger partial charge in [0.05, 0.1) is 5.01 Å². The van der Waals surface area contributed by atoms with Crippen LogP contribution in [0.15, 0.2) is 41.5 Å². The highest BCUT2D eigenvalue weighted by atomic mass is 127. The lowest BCUT2D eigenvalue weighted by Crippen LogP contribution is -2.44. The number of hydrogen-bond acceptors (Lipinski definition) is 4. The average molecular weight is 499 g/mol. The maximum absolute atomic E-state index is 4.75. The summed E-state index contributed by atoms with van der Waals surface area (Å²) in [4.78, 5) is 13.0. The standard InChI is InChI=1S/C20H29N5S.HI/c1-3-18-14-23-19(26-18)10-12-22-20(21-4-2)24-16-11-13-25(15-16)17-8-6-5-7-9-17;/h5-9,14,16H,3-4,10-13,15H2,1-2H3,(H2,21,22,24);1H. The molecule has 1 fully saturated rings. The molecule has 2 aromatic rings. The van der Waals surface area contributed by atoms with E-state index in [0.717, 1.165) is 51.4 Å². The third-order valence-corrected chi connectivity index (χ3v) is 5.74. The molecule has 1 unspecified atom stereocenters. The molecule has 0 saturated carbocycles. The molecule has 1 aromatic carbocycles. The fourth-order valence-corrected chi connectivity index (χ4v) is 4.01. The molecule has 1 aromatic heterocycles. The molecular formula is C20H30IN5S. The maximum Gasteiger partial charge on any atom is 0.191 e. The largest absolute Gasteiger partial charge is 0.369 e. The van der Waals surface area contributed by atoms with E-state index in [4.69, 9.17) is 4.99 Å². The molecular weight excluding hydrogens is 469 g/mol. The van der Waals surface area contributed by atoms with Crippen LogP contribution in [0.1, 0.15) is 30.2 Å². The van der Waals surface area contributed by atoms with Gasteiger partial charge in [-0.2, -0.15) is 0 Å². The molecule has 0 aliphatic carbocycles. The second kappa shape index (κ2) is 11.5. The molecule has 5 nitrogen and oxygen atoms in total. The number of aliphatic imine (C=N–C) groups is 1. The van der Waals surface area contributed by atoms with Crippen LogP contribution in [-0.4, -0.2) is 43.2 Å². The fraction of sp³-hybridized carbons (Fsp3) is 0.500. The van der Waals surface area contributed by atoms with Crippen LogP contribution in [-0.2, 0) is 12.8 Å². The molecule has 148 valence electrons. The van der Waals surface area contributed by atoms with Crippen molar-refractivity contribution >= 4 is 47.0 Å². The highest BCUT2D eigenvalue weighted by molar-refractivity contribution is 14.0. The molecule has 1 atom stereocenters. The number of para-hydroxylation sites is 1. The number of hydrogen-bond donors (Lipinski definition) is 2. The van der Waals surface area contributed by atoms with Crippen molar-refractivity contribution in [2.45, 2.75) is 39.2 Å². The van der Waals surface area contributed by atoms with E-state index in [-0.39, 0.29) is 24.0 Å². The summed E-state index contributed by atoms with van der Waals surface area (Å²) in [6.45, 7) is 8.01. The molecule has 0 radical (unpaired) electrons. The topological polar surface area (TPSA) is 52.6 Å². The first-order chi connectivity index (χ1) is 12.8. The number of aryl methyl sites for hydroxylation is 1. The first-order valence-corrected chi connectivity index (χ1v) is 10.4. The van der Waals surface area contributed by atoms with Crippen LogP contribution in [0.5, 0.6) is 0 Å². The third-order valence-electron chi connectivity index (χ3n) is 4.54. The Bertz CT molecular complexity index is 703. The molecule has 0 spiro atoms. The van der Waals surface area contributed by atoms with Crippen molar-refractivity contribution in [3.63, 3.8) is 0 Å². The van der Waals surface area contributed by atoms with Crippen LogP contribution in [0.4, 0.5) is 5.69 Å². The van der Waals surface area contributed by atoms with Crippen LogP contribution in [0.3, 0.4) is 0 Å². The van der Waals surface area contributed by atoms with Crippen molar-refractivity contribution in [1.29, 1.82) is 0 Å². The highest BCUT2D eigenvalue weighted by Crippen LogP contribution is 2.19. The van der Waals surface area contributed by atoms with Gasteiger partial charge in [-0.3, -0.25) is 4.99 Å². The van der Waals surface area contributed by atoms with Gasteiger partial charge in [-0.1, -0.05) is 25.1 Å². The van der Waals surface area contributed by atoms with Gasteiger partial charge in [-0.05, 0) is 31.9 Å². The average Bonchev–Trinajstić information content (AvgIpc) is 3.32. The van der Waals surface area contributed by atoms with Crippen LogP contribution in [0, 0.1) is 0 Å². The van der Waals surface area contributed by atoms with E-state index in [9.17, 15) is 0 Å². The van der Waals surface area contributed by atoms with Gasteiger partial charge in [0.2, 0.25) is 0 Å². The highest BCUT2D eigenvalue weighted by Gasteiger charge is 2.23. The van der Waals surface area contributed by atoms with Crippen LogP contribution < -0.4 is 15.5 Å². The molecule has 1 saturated heterocycles. The SMILES string of the molecule is CCNC(=NCCc1ncc(CC)s1)NC1CCN(c2ccccc2)C1.I. The van der Waals surface area contributed by atoms with Crippen molar-refractivity contribution in [1.82, 2.24) is 15.6 Å². The van der Waals surface area contributed by atoms with Gasteiger partial charge >= 0.3 is 0 Å². The van der Waals surface area contributed by atoms with E-state index in [2.05, 4.69) is 64.7 Å². The number of thiazole rings is 1. The zero-order valence-electron chi connectivity index (χ0n) is 16.1. The van der Waals surface area contributed by atoms with E-state index in [0.29, 0.717) is 6.04 Å². The van der Waals surface area contributed by atoms with Gasteiger partial charge in [0.15, 0.2) is 5.96 Å². The molecule has 1 aliphatic rings. The molecule has 27 heavy (non-hydrogen) atoms. The summed E-state index contributed by atoms with van der Waals surface area (Å²) in [5, 5.41) is 8.15. The molecule has 2 N–H and O–H groups in total. The Balaban J connectivity index is 0.00000261. The Kier molecular flexibility index (Phi) is 9.33. The van der Waals surface area contributed by atoms with E-state index in [1.54, 1.807) is 11.3 Å². The minimum Gasteiger partial charge on any atom is -0.369 e. The summed E-state index contributed by atoms with van der Waals surface area (Å²) in [6.07, 6.45) is 5.09. The molecule has 0 amide bonds. The van der Waals surface area contributed by atoms with Crippen LogP contribution in [0.2, 0.25) is 0 Å². The van der Waals surface area contributed by atoms with Gasteiger partial charge < -0.3 is 15.5 Å². The number of anilines is 1. The predicted octanol–water partition coefficient (Wildman–Crippen LogP) is 3.70. The summed E-state index contributed by atoms with van der Waals surface area (Å²) in [5.41, 5.74) is 1.30. The third kappa shape index (κ3) is 6.64. The number of aromatic nitrogens is 1. The van der Waals surface area contributed by atoms with Crippen LogP contribution >= 0.6 is 35.3 Å². The van der Waals surface area contributed by atoms with Gasteiger partial charge in [-0.15, -0.1) is 35.3 Å². The Morgan fingerprint density at radius 1 is 1.30 bits per heavy atom. The summed E-state index contributed by atoms with van der Waals surface area (Å²) >= 11 is 1.80. The summed E-state index contributed by atoms with van der Waals surface area (Å²) in [5.74, 6) is 0.916. The Morgan fingerprint density at radius 3 is 2.81 bits per heavy atom. The zero-order valence-corrected chi connectivity index (χ0v) is 19.3. The smallest absolute Gasteiger partial charge is 0.191 e. The minimum absolute atomic E-state index is 0. The van der Waals surface area contributed by atoms with E-state index >= 15 is 0 Å². The number of guanidine groups is 1. The lowest BCUT2D eigenvalue weighted by molar-refractivity contribution is 0.649. The fourth-order valence-electron chi connectivity index (χ4n) is 3.16. The Hall–Kier alpha value is -1.35. The van der Waals surface area contributed by atoms with Gasteiger partial charge in [-0.25, -0.2) is 4.98 Å². The van der Waals surface area contributed by atoms with Crippen molar-refractivity contribution in [2.75, 3.05) is 31.1 Å². The van der Waals surface area contributed by atoms with E-state index in [1.807, 2.05) is 6.20 Å². The number of rotatable bonds is 7. The van der Waals surface area contributed by atoms with Crippen LogP contribution in [0.25, 0.3) is 0 Å². The molecule has 0 bridgehead atoms. The van der Waals surface area contributed by atoms with Crippen molar-refractivity contribution in [2.24, 2.45) is 4.99 Å². The quantitative estimate of drug-likeness (QED) is 0.347. The number of nitrogens with one attached hydrogen (secondary N) is 2. The summed E-state index contributed by atoms with van der Waals surface area (Å²) in [7, 11) is 0. The van der Waals surface area contributed by atoms with Crippen molar-refractivity contribution < 1.29 is 0 Å². The summed E-state index contributed by atoms with van der Waals surface area (Å²) in [6, 6.07) is 11.1. The number of halogens is 1. The first-order valence-electron chi connectivity index (χ1n) is 9.57. The lowest BCUT2D eigenvalue weighted by atomic mass is 10.3. The van der Waals surface area contributed by atoms with Crippen molar-refractivity contribution in [3.05, 3.63) is 46.4 Å². The maximum atomic E-state index is 4.75. The van der Waals surface area contributed by atoms with Crippen molar-refractivity contribution in [3.8, 4) is 0 Å². The lowest BCUT2D eigenvalue weighted by Gasteiger charge is -2.20. The Labute approximate surface area is 183 Å². The monoisotopic (exact) mass is 499 g/mol. The number of nitrogens with zero attached hydrogens (tertiary/aromatic N) is 3. The molecule has 1 aliphatic heterocycles. The zero-order chi connectivity index (χ0) is 18.2. The van der Waals surface area contributed by atoms with Gasteiger partial charge in [0.1, 0.15) is 0 Å². The first kappa shape index (κ1) is 21.9. The van der Waals surface area contributed by atoms with E-state index < -0.39 is 0 Å². The second-order valence-electron chi connectivity index (χ2n) is 6.50. The molecule has 2 heterocycles. The number of benzene rings is 1. The molecule has 3 rings (SSSR count). The van der Waals surface area contributed by atoms with E-state index in [1.165, 1.54) is 15.6 Å². The second-order valence-corrected chi connectivity index (χ2v) is 7.70. The Morgan fingerprint density at radius 2 is 2.11 bits per heavy atom.